The predicted octanol–water partition coefficient (Wildman–Crippen LogP) is 3.12. The molecule has 0 spiro atoms. The Balaban J connectivity index is 1.40. The van der Waals surface area contributed by atoms with Crippen molar-refractivity contribution in [2.75, 3.05) is 16.2 Å². The molecule has 1 aliphatic rings. The lowest BCUT2D eigenvalue weighted by atomic mass is 10.2. The van der Waals surface area contributed by atoms with Gasteiger partial charge >= 0.3 is 0 Å². The molecule has 1 fully saturated rings. The Kier molecular flexibility index (Phi) is 5.99. The van der Waals surface area contributed by atoms with Crippen molar-refractivity contribution in [3.8, 4) is 0 Å². The van der Waals surface area contributed by atoms with Crippen LogP contribution in [0.1, 0.15) is 12.0 Å². The Hall–Kier alpha value is -2.89. The van der Waals surface area contributed by atoms with Gasteiger partial charge in [-0.2, -0.15) is 0 Å². The summed E-state index contributed by atoms with van der Waals surface area (Å²) >= 11 is 1.17. The molecule has 7 nitrogen and oxygen atoms in total. The van der Waals surface area contributed by atoms with E-state index in [0.29, 0.717) is 24.2 Å². The van der Waals surface area contributed by atoms with Crippen molar-refractivity contribution in [1.82, 2.24) is 10.3 Å². The number of nitrogens with zero attached hydrogens (tertiary/aromatic N) is 2. The van der Waals surface area contributed by atoms with E-state index < -0.39 is 27.7 Å². The first-order valence-electron chi connectivity index (χ1n) is 9.34. The van der Waals surface area contributed by atoms with Crippen LogP contribution in [0.3, 0.4) is 0 Å². The molecule has 2 aromatic carbocycles. The number of hydrogen-bond acceptors (Lipinski definition) is 6. The molecular formula is C20H18F2N4O3S2. The van der Waals surface area contributed by atoms with Gasteiger partial charge in [-0.15, -0.1) is 11.3 Å². The summed E-state index contributed by atoms with van der Waals surface area (Å²) in [6.45, 7) is 0.593. The molecule has 1 atom stereocenters. The lowest BCUT2D eigenvalue weighted by Crippen LogP contribution is -2.38. The molecule has 162 valence electrons. The van der Waals surface area contributed by atoms with Crippen LogP contribution >= 0.6 is 11.3 Å². The average molecular weight is 465 g/mol. The van der Waals surface area contributed by atoms with Crippen LogP contribution in [0.5, 0.6) is 0 Å². The second-order valence-electron chi connectivity index (χ2n) is 6.93. The van der Waals surface area contributed by atoms with Gasteiger partial charge < -0.3 is 10.2 Å². The third-order valence-electron chi connectivity index (χ3n) is 4.79. The number of carbonyl (C=O) groups is 1. The quantitative estimate of drug-likeness (QED) is 0.561. The lowest BCUT2D eigenvalue weighted by molar-refractivity contribution is -0.118. The Morgan fingerprint density at radius 2 is 1.84 bits per heavy atom. The maximum absolute atomic E-state index is 13.3. The molecule has 1 aromatic heterocycles. The van der Waals surface area contributed by atoms with Crippen molar-refractivity contribution in [2.45, 2.75) is 23.9 Å². The molecule has 1 amide bonds. The fourth-order valence-electron chi connectivity index (χ4n) is 3.33. The van der Waals surface area contributed by atoms with E-state index in [0.717, 1.165) is 6.07 Å². The molecule has 1 unspecified atom stereocenters. The number of nitrogens with one attached hydrogen (secondary N) is 2. The number of carbonyl (C=O) groups excluding carboxylic acids is 1. The van der Waals surface area contributed by atoms with E-state index >= 15 is 0 Å². The first-order valence-corrected chi connectivity index (χ1v) is 11.7. The van der Waals surface area contributed by atoms with Crippen molar-refractivity contribution in [3.63, 3.8) is 0 Å². The largest absolute Gasteiger partial charge is 0.311 e. The fourth-order valence-corrected chi connectivity index (χ4v) is 5.12. The van der Waals surface area contributed by atoms with Crippen LogP contribution in [0.2, 0.25) is 0 Å². The summed E-state index contributed by atoms with van der Waals surface area (Å²) in [5, 5.41) is 4.96. The molecule has 1 saturated heterocycles. The number of sulfonamides is 1. The maximum Gasteiger partial charge on any atom is 0.263 e. The monoisotopic (exact) mass is 464 g/mol. The Labute approximate surface area is 181 Å². The SMILES string of the molecule is O=C1C(NCc2cc(F)cc(F)c2)CCN1c1ccc(S(=O)(=O)Nc2nccs2)cc1. The second kappa shape index (κ2) is 8.69. The Morgan fingerprint density at radius 1 is 1.13 bits per heavy atom. The summed E-state index contributed by atoms with van der Waals surface area (Å²) in [5.41, 5.74) is 0.977. The van der Waals surface area contributed by atoms with E-state index in [-0.39, 0.29) is 22.5 Å². The van der Waals surface area contributed by atoms with Crippen LogP contribution in [0.4, 0.5) is 19.6 Å². The number of anilines is 2. The van der Waals surface area contributed by atoms with Gasteiger partial charge in [0.1, 0.15) is 11.6 Å². The van der Waals surface area contributed by atoms with E-state index in [2.05, 4.69) is 15.0 Å². The minimum absolute atomic E-state index is 0.0564. The topological polar surface area (TPSA) is 91.4 Å². The predicted molar refractivity (Wildman–Crippen MR) is 113 cm³/mol. The van der Waals surface area contributed by atoms with E-state index in [1.54, 1.807) is 22.4 Å². The van der Waals surface area contributed by atoms with Gasteiger partial charge in [-0.3, -0.25) is 9.52 Å². The number of aromatic nitrogens is 1. The van der Waals surface area contributed by atoms with Crippen LogP contribution in [0.15, 0.2) is 58.9 Å². The van der Waals surface area contributed by atoms with Gasteiger partial charge in [0.2, 0.25) is 5.91 Å². The highest BCUT2D eigenvalue weighted by atomic mass is 32.2. The van der Waals surface area contributed by atoms with Crippen molar-refractivity contribution >= 4 is 38.1 Å². The maximum atomic E-state index is 13.3. The summed E-state index contributed by atoms with van der Waals surface area (Å²) in [6, 6.07) is 8.71. The van der Waals surface area contributed by atoms with E-state index in [1.165, 1.54) is 41.8 Å². The normalized spacial score (nSPS) is 16.6. The molecule has 2 N–H and O–H groups in total. The van der Waals surface area contributed by atoms with E-state index in [1.807, 2.05) is 0 Å². The van der Waals surface area contributed by atoms with Gasteiger partial charge in [0.25, 0.3) is 10.0 Å². The number of benzene rings is 2. The van der Waals surface area contributed by atoms with Crippen molar-refractivity contribution in [3.05, 3.63) is 71.2 Å². The number of halogens is 2. The zero-order valence-corrected chi connectivity index (χ0v) is 17.7. The molecule has 4 rings (SSSR count). The number of amides is 1. The highest BCUT2D eigenvalue weighted by Gasteiger charge is 2.32. The lowest BCUT2D eigenvalue weighted by Gasteiger charge is -2.18. The third kappa shape index (κ3) is 4.89. The van der Waals surface area contributed by atoms with Gasteiger partial charge in [0, 0.05) is 36.4 Å². The highest BCUT2D eigenvalue weighted by Crippen LogP contribution is 2.25. The number of rotatable bonds is 7. The standard InChI is InChI=1S/C20H18F2N4O3S2/c21-14-9-13(10-15(22)11-14)12-24-18-5-7-26(19(18)27)16-1-3-17(4-2-16)31(28,29)25-20-23-6-8-30-20/h1-4,6,8-11,18,24H,5,7,12H2,(H,23,25). The van der Waals surface area contributed by atoms with Gasteiger partial charge in [-0.25, -0.2) is 22.2 Å². The first-order chi connectivity index (χ1) is 14.8. The molecule has 11 heteroatoms. The summed E-state index contributed by atoms with van der Waals surface area (Å²) < 4.78 is 53.9. The smallest absolute Gasteiger partial charge is 0.263 e. The Morgan fingerprint density at radius 3 is 2.48 bits per heavy atom. The van der Waals surface area contributed by atoms with Crippen molar-refractivity contribution < 1.29 is 22.0 Å². The molecule has 0 aliphatic carbocycles. The molecule has 2 heterocycles. The minimum atomic E-state index is -3.77. The minimum Gasteiger partial charge on any atom is -0.311 e. The summed E-state index contributed by atoms with van der Waals surface area (Å²) in [6.07, 6.45) is 2.02. The molecule has 3 aromatic rings. The van der Waals surface area contributed by atoms with Crippen LogP contribution < -0.4 is 14.9 Å². The van der Waals surface area contributed by atoms with Gasteiger partial charge in [-0.1, -0.05) is 0 Å². The van der Waals surface area contributed by atoms with Gasteiger partial charge in [0.05, 0.1) is 10.9 Å². The molecule has 0 radical (unpaired) electrons. The van der Waals surface area contributed by atoms with Crippen LogP contribution in [-0.2, 0) is 21.4 Å². The van der Waals surface area contributed by atoms with E-state index in [9.17, 15) is 22.0 Å². The fraction of sp³-hybridized carbons (Fsp3) is 0.200. The third-order valence-corrected chi connectivity index (χ3v) is 6.97. The molecule has 0 saturated carbocycles. The average Bonchev–Trinajstić information content (AvgIpc) is 3.35. The second-order valence-corrected chi connectivity index (χ2v) is 9.50. The van der Waals surface area contributed by atoms with Gasteiger partial charge in [0.15, 0.2) is 5.13 Å². The van der Waals surface area contributed by atoms with Crippen molar-refractivity contribution in [1.29, 1.82) is 0 Å². The van der Waals surface area contributed by atoms with E-state index in [4.69, 9.17) is 0 Å². The number of thiazole rings is 1. The summed E-state index contributed by atoms with van der Waals surface area (Å²) in [5.74, 6) is -1.53. The first kappa shape index (κ1) is 21.3. The summed E-state index contributed by atoms with van der Waals surface area (Å²) in [4.78, 5) is 18.2. The van der Waals surface area contributed by atoms with Gasteiger partial charge in [-0.05, 0) is 48.4 Å². The van der Waals surface area contributed by atoms with Crippen LogP contribution in [0, 0.1) is 11.6 Å². The molecule has 0 bridgehead atoms. The molecule has 1 aliphatic heterocycles. The zero-order valence-electron chi connectivity index (χ0n) is 16.1. The van der Waals surface area contributed by atoms with Crippen LogP contribution in [-0.4, -0.2) is 31.9 Å². The zero-order chi connectivity index (χ0) is 22.0. The Bertz CT molecular complexity index is 1170. The summed E-state index contributed by atoms with van der Waals surface area (Å²) in [7, 11) is -3.77. The molecular weight excluding hydrogens is 446 g/mol. The molecule has 31 heavy (non-hydrogen) atoms. The number of hydrogen-bond donors (Lipinski definition) is 2. The van der Waals surface area contributed by atoms with Crippen molar-refractivity contribution in [2.24, 2.45) is 0 Å². The highest BCUT2D eigenvalue weighted by molar-refractivity contribution is 7.93. The van der Waals surface area contributed by atoms with Crippen LogP contribution in [0.25, 0.3) is 0 Å².